The molecular weight excluding hydrogens is 244 g/mol. The van der Waals surface area contributed by atoms with Crippen LogP contribution < -0.4 is 5.73 Å². The van der Waals surface area contributed by atoms with Crippen LogP contribution in [0.2, 0.25) is 0 Å². The Morgan fingerprint density at radius 3 is 2.89 bits per heavy atom. The van der Waals surface area contributed by atoms with Crippen molar-refractivity contribution < 1.29 is 9.90 Å². The number of nitrogen functional groups attached to an aromatic ring is 1. The third-order valence-electron chi connectivity index (χ3n) is 2.93. The zero-order valence-corrected chi connectivity index (χ0v) is 9.79. The molecule has 19 heavy (non-hydrogen) atoms. The second-order valence-corrected chi connectivity index (χ2v) is 4.06. The van der Waals surface area contributed by atoms with Crippen molar-refractivity contribution in [2.24, 2.45) is 0 Å². The molecule has 0 saturated heterocycles. The van der Waals surface area contributed by atoms with Gasteiger partial charge in [0.25, 0.3) is 0 Å². The lowest BCUT2D eigenvalue weighted by molar-refractivity contribution is 0.0698. The van der Waals surface area contributed by atoms with Gasteiger partial charge in [0.05, 0.1) is 17.4 Å². The lowest BCUT2D eigenvalue weighted by Gasteiger charge is -2.08. The number of imidazole rings is 1. The molecule has 2 aromatic heterocycles. The number of pyridine rings is 1. The molecule has 0 fully saturated rings. The molecule has 0 radical (unpaired) electrons. The van der Waals surface area contributed by atoms with Gasteiger partial charge in [0.15, 0.2) is 0 Å². The van der Waals surface area contributed by atoms with Gasteiger partial charge >= 0.3 is 5.97 Å². The van der Waals surface area contributed by atoms with E-state index in [4.69, 9.17) is 5.73 Å². The minimum atomic E-state index is -1.09. The highest BCUT2D eigenvalue weighted by Gasteiger charge is 2.16. The van der Waals surface area contributed by atoms with Crippen molar-refractivity contribution in [2.75, 3.05) is 5.73 Å². The van der Waals surface area contributed by atoms with Gasteiger partial charge in [-0.2, -0.15) is 0 Å². The molecule has 0 spiro atoms. The van der Waals surface area contributed by atoms with E-state index >= 15 is 0 Å². The van der Waals surface area contributed by atoms with E-state index in [1.165, 1.54) is 6.20 Å². The van der Waals surface area contributed by atoms with Gasteiger partial charge < -0.3 is 15.8 Å². The number of benzene rings is 1. The van der Waals surface area contributed by atoms with E-state index in [2.05, 4.69) is 15.0 Å². The molecule has 0 atom stereocenters. The summed E-state index contributed by atoms with van der Waals surface area (Å²) < 4.78 is 0. The van der Waals surface area contributed by atoms with Crippen LogP contribution in [0.1, 0.15) is 10.4 Å². The number of H-pyrrole nitrogens is 1. The molecular formula is C13H10N4O2. The zero-order chi connectivity index (χ0) is 13.4. The van der Waals surface area contributed by atoms with Crippen LogP contribution in [0.4, 0.5) is 5.82 Å². The van der Waals surface area contributed by atoms with Gasteiger partial charge in [0, 0.05) is 11.8 Å². The molecule has 4 N–H and O–H groups in total. The Hall–Kier alpha value is -2.89. The fourth-order valence-electron chi connectivity index (χ4n) is 2.05. The molecule has 0 aliphatic heterocycles. The summed E-state index contributed by atoms with van der Waals surface area (Å²) in [6.07, 6.45) is 3.09. The summed E-state index contributed by atoms with van der Waals surface area (Å²) in [5.74, 6) is -1.08. The maximum atomic E-state index is 11.3. The van der Waals surface area contributed by atoms with Crippen LogP contribution in [-0.2, 0) is 0 Å². The van der Waals surface area contributed by atoms with Crippen LogP contribution in [-0.4, -0.2) is 26.0 Å². The molecule has 0 aliphatic carbocycles. The number of hydrogen-bond acceptors (Lipinski definition) is 4. The lowest BCUT2D eigenvalue weighted by atomic mass is 10.0. The van der Waals surface area contributed by atoms with Crippen LogP contribution in [0.15, 0.2) is 36.8 Å². The third kappa shape index (κ3) is 1.79. The largest absolute Gasteiger partial charge is 0.478 e. The van der Waals surface area contributed by atoms with E-state index in [1.54, 1.807) is 12.4 Å². The van der Waals surface area contributed by atoms with Crippen LogP contribution in [0.3, 0.4) is 0 Å². The molecule has 6 heteroatoms. The van der Waals surface area contributed by atoms with Gasteiger partial charge in [-0.15, -0.1) is 0 Å². The molecule has 94 valence electrons. The first kappa shape index (κ1) is 11.2. The van der Waals surface area contributed by atoms with E-state index in [0.29, 0.717) is 5.56 Å². The Morgan fingerprint density at radius 1 is 1.26 bits per heavy atom. The van der Waals surface area contributed by atoms with Crippen molar-refractivity contribution in [2.45, 2.75) is 0 Å². The first-order chi connectivity index (χ1) is 9.16. The number of nitrogens with one attached hydrogen (secondary N) is 1. The molecule has 0 aliphatic rings. The Labute approximate surface area is 107 Å². The SMILES string of the molecule is Nc1nccc(-c2ccc3nc[nH]c3c2)c1C(=O)O. The van der Waals surface area contributed by atoms with Gasteiger partial charge in [0.1, 0.15) is 11.4 Å². The summed E-state index contributed by atoms with van der Waals surface area (Å²) in [4.78, 5) is 22.2. The van der Waals surface area contributed by atoms with E-state index in [1.807, 2.05) is 18.2 Å². The Morgan fingerprint density at radius 2 is 2.11 bits per heavy atom. The molecule has 0 saturated carbocycles. The number of aromatic carboxylic acids is 1. The smallest absolute Gasteiger partial charge is 0.340 e. The van der Waals surface area contributed by atoms with Crippen molar-refractivity contribution in [3.63, 3.8) is 0 Å². The highest BCUT2D eigenvalue weighted by atomic mass is 16.4. The van der Waals surface area contributed by atoms with Crippen molar-refractivity contribution in [3.8, 4) is 11.1 Å². The van der Waals surface area contributed by atoms with Gasteiger partial charge in [-0.1, -0.05) is 6.07 Å². The molecule has 6 nitrogen and oxygen atoms in total. The number of hydrogen-bond donors (Lipinski definition) is 3. The molecule has 3 aromatic rings. The highest BCUT2D eigenvalue weighted by molar-refractivity contribution is 6.01. The van der Waals surface area contributed by atoms with E-state index < -0.39 is 5.97 Å². The number of anilines is 1. The van der Waals surface area contributed by atoms with Crippen LogP contribution in [0, 0.1) is 0 Å². The van der Waals surface area contributed by atoms with Crippen molar-refractivity contribution in [1.82, 2.24) is 15.0 Å². The molecule has 1 aromatic carbocycles. The van der Waals surface area contributed by atoms with Crippen LogP contribution in [0.5, 0.6) is 0 Å². The number of carboxylic acid groups (broad SMARTS) is 1. The average molecular weight is 254 g/mol. The minimum absolute atomic E-state index is 0.00899. The summed E-state index contributed by atoms with van der Waals surface area (Å²) in [7, 11) is 0. The molecule has 0 unspecified atom stereocenters. The summed E-state index contributed by atoms with van der Waals surface area (Å²) in [5, 5.41) is 9.24. The second kappa shape index (κ2) is 4.09. The molecule has 2 heterocycles. The average Bonchev–Trinajstić information content (AvgIpc) is 2.85. The lowest BCUT2D eigenvalue weighted by Crippen LogP contribution is -2.06. The van der Waals surface area contributed by atoms with E-state index in [0.717, 1.165) is 16.6 Å². The predicted molar refractivity (Wildman–Crippen MR) is 70.7 cm³/mol. The fraction of sp³-hybridized carbons (Fsp3) is 0. The first-order valence-electron chi connectivity index (χ1n) is 5.58. The van der Waals surface area contributed by atoms with Gasteiger partial charge in [0.2, 0.25) is 0 Å². The number of aromatic nitrogens is 3. The number of rotatable bonds is 2. The summed E-state index contributed by atoms with van der Waals surface area (Å²) >= 11 is 0. The third-order valence-corrected chi connectivity index (χ3v) is 2.93. The van der Waals surface area contributed by atoms with Gasteiger partial charge in [-0.3, -0.25) is 0 Å². The van der Waals surface area contributed by atoms with Crippen molar-refractivity contribution in [3.05, 3.63) is 42.4 Å². The normalized spacial score (nSPS) is 10.7. The molecule has 3 rings (SSSR count). The first-order valence-corrected chi connectivity index (χ1v) is 5.58. The zero-order valence-electron chi connectivity index (χ0n) is 9.79. The summed E-state index contributed by atoms with van der Waals surface area (Å²) in [6, 6.07) is 7.11. The number of nitrogens with zero attached hydrogens (tertiary/aromatic N) is 2. The van der Waals surface area contributed by atoms with Crippen molar-refractivity contribution >= 4 is 22.8 Å². The van der Waals surface area contributed by atoms with Crippen molar-refractivity contribution in [1.29, 1.82) is 0 Å². The topological polar surface area (TPSA) is 105 Å². The van der Waals surface area contributed by atoms with E-state index in [-0.39, 0.29) is 11.4 Å². The van der Waals surface area contributed by atoms with Crippen LogP contribution in [0.25, 0.3) is 22.2 Å². The number of carboxylic acids is 1. The Balaban J connectivity index is 2.26. The molecule has 0 bridgehead atoms. The second-order valence-electron chi connectivity index (χ2n) is 4.06. The standard InChI is InChI=1S/C13H10N4O2/c14-12-11(13(18)19)8(3-4-15-12)7-1-2-9-10(5-7)17-6-16-9/h1-6H,(H2,14,15)(H,16,17)(H,18,19). The number of nitrogens with two attached hydrogens (primary N) is 1. The highest BCUT2D eigenvalue weighted by Crippen LogP contribution is 2.28. The van der Waals surface area contributed by atoms with E-state index in [9.17, 15) is 9.90 Å². The maximum absolute atomic E-state index is 11.3. The Kier molecular flexibility index (Phi) is 2.42. The quantitative estimate of drug-likeness (QED) is 0.647. The van der Waals surface area contributed by atoms with Crippen LogP contribution >= 0.6 is 0 Å². The summed E-state index contributed by atoms with van der Waals surface area (Å²) in [5.41, 5.74) is 8.61. The van der Waals surface area contributed by atoms with Gasteiger partial charge in [-0.25, -0.2) is 14.8 Å². The molecule has 0 amide bonds. The fourth-order valence-corrected chi connectivity index (χ4v) is 2.05. The predicted octanol–water partition coefficient (Wildman–Crippen LogP) is 1.91. The maximum Gasteiger partial charge on any atom is 0.340 e. The summed E-state index contributed by atoms with van der Waals surface area (Å²) in [6.45, 7) is 0. The number of fused-ring (bicyclic) bond motifs is 1. The number of aromatic amines is 1. The Bertz CT molecular complexity index is 779. The minimum Gasteiger partial charge on any atom is -0.478 e. The monoisotopic (exact) mass is 254 g/mol. The van der Waals surface area contributed by atoms with Gasteiger partial charge in [-0.05, 0) is 23.8 Å². The number of carbonyl (C=O) groups is 1.